The summed E-state index contributed by atoms with van der Waals surface area (Å²) in [7, 11) is 0. The van der Waals surface area contributed by atoms with Gasteiger partial charge < -0.3 is 14.0 Å². The number of aromatic nitrogens is 3. The van der Waals surface area contributed by atoms with Crippen LogP contribution in [0.3, 0.4) is 0 Å². The van der Waals surface area contributed by atoms with Crippen molar-refractivity contribution in [2.24, 2.45) is 4.99 Å². The first-order chi connectivity index (χ1) is 17.6. The van der Waals surface area contributed by atoms with E-state index in [-0.39, 0.29) is 28.4 Å². The van der Waals surface area contributed by atoms with Crippen molar-refractivity contribution in [2.45, 2.75) is 57.5 Å². The molecule has 0 aliphatic carbocycles. The first-order valence-electron chi connectivity index (χ1n) is 11.2. The molecular weight excluding hydrogens is 517 g/mol. The SMILES string of the molecule is CC(C)(C)OC(=O)NC1=N[C@](C)(c2cc(-c3cc(-c4ncc(F)cn4)no3)ccc2F)C[C@@H](C(F)(F)F)O1. The Labute approximate surface area is 213 Å². The second-order valence-electron chi connectivity index (χ2n) is 9.67. The van der Waals surface area contributed by atoms with E-state index in [2.05, 4.69) is 25.4 Å². The zero-order valence-corrected chi connectivity index (χ0v) is 20.6. The lowest BCUT2D eigenvalue weighted by Crippen LogP contribution is -2.49. The number of ether oxygens (including phenoxy) is 2. The van der Waals surface area contributed by atoms with Gasteiger partial charge in [-0.25, -0.2) is 33.9 Å². The maximum atomic E-state index is 15.1. The minimum atomic E-state index is -4.85. The highest BCUT2D eigenvalue weighted by Crippen LogP contribution is 2.42. The van der Waals surface area contributed by atoms with Gasteiger partial charge in [0.05, 0.1) is 17.9 Å². The van der Waals surface area contributed by atoms with Gasteiger partial charge in [0.2, 0.25) is 0 Å². The summed E-state index contributed by atoms with van der Waals surface area (Å²) in [6.45, 7) is 5.98. The average Bonchev–Trinajstić information content (AvgIpc) is 3.28. The topological polar surface area (TPSA) is 112 Å². The molecule has 0 radical (unpaired) electrons. The number of alkyl halides is 3. The van der Waals surface area contributed by atoms with Crippen molar-refractivity contribution in [1.82, 2.24) is 20.4 Å². The van der Waals surface area contributed by atoms with Crippen molar-refractivity contribution in [3.63, 3.8) is 0 Å². The number of nitrogens with zero attached hydrogens (tertiary/aromatic N) is 4. The zero-order chi connectivity index (χ0) is 27.9. The molecular formula is C24H22F5N5O4. The second kappa shape index (κ2) is 9.65. The normalized spacial score (nSPS) is 19.9. The van der Waals surface area contributed by atoms with E-state index >= 15 is 4.39 Å². The standard InChI is InChI=1S/C24H22F5N5O4/c1-22(2,3)37-21(35)32-20-33-23(4,9-18(36-20)24(27,28)29)14-7-12(5-6-15(14)26)17-8-16(34-38-17)19-30-10-13(25)11-31-19/h5-8,10-11,18H,9H2,1-4H3,(H,32,33,35)/t18-,23-/m0/s1. The predicted octanol–water partition coefficient (Wildman–Crippen LogP) is 5.52. The number of amides is 1. The number of carbonyl (C=O) groups is 1. The van der Waals surface area contributed by atoms with Crippen molar-refractivity contribution in [3.8, 4) is 22.8 Å². The zero-order valence-electron chi connectivity index (χ0n) is 20.6. The fourth-order valence-corrected chi connectivity index (χ4v) is 3.69. The van der Waals surface area contributed by atoms with Crippen LogP contribution < -0.4 is 5.32 Å². The monoisotopic (exact) mass is 539 g/mol. The highest BCUT2D eigenvalue weighted by atomic mass is 19.4. The van der Waals surface area contributed by atoms with Gasteiger partial charge in [0.15, 0.2) is 29.2 Å². The molecule has 1 N–H and O–H groups in total. The fourth-order valence-electron chi connectivity index (χ4n) is 3.69. The van der Waals surface area contributed by atoms with Crippen LogP contribution in [0.25, 0.3) is 22.8 Å². The highest BCUT2D eigenvalue weighted by Gasteiger charge is 2.50. The van der Waals surface area contributed by atoms with Crippen LogP contribution in [0, 0.1) is 11.6 Å². The molecule has 1 aliphatic rings. The molecule has 3 aromatic rings. The Bertz CT molecular complexity index is 1370. The lowest BCUT2D eigenvalue weighted by Gasteiger charge is -2.37. The van der Waals surface area contributed by atoms with Gasteiger partial charge in [-0.15, -0.1) is 0 Å². The van der Waals surface area contributed by atoms with Crippen molar-refractivity contribution < 1.29 is 40.7 Å². The van der Waals surface area contributed by atoms with Crippen LogP contribution >= 0.6 is 0 Å². The smallest absolute Gasteiger partial charge is 0.425 e. The summed E-state index contributed by atoms with van der Waals surface area (Å²) < 4.78 is 84.6. The number of carbonyl (C=O) groups excluding carboxylic acids is 1. The van der Waals surface area contributed by atoms with Crippen molar-refractivity contribution in [1.29, 1.82) is 0 Å². The average molecular weight is 539 g/mol. The van der Waals surface area contributed by atoms with E-state index in [0.717, 1.165) is 18.5 Å². The molecule has 0 unspecified atom stereocenters. The van der Waals surface area contributed by atoms with Crippen LogP contribution in [-0.2, 0) is 15.0 Å². The molecule has 0 saturated carbocycles. The summed E-state index contributed by atoms with van der Waals surface area (Å²) in [5.41, 5.74) is -2.56. The van der Waals surface area contributed by atoms with E-state index < -0.39 is 53.6 Å². The molecule has 0 bridgehead atoms. The molecule has 2 atom stereocenters. The summed E-state index contributed by atoms with van der Waals surface area (Å²) in [5, 5.41) is 5.89. The lowest BCUT2D eigenvalue weighted by atomic mass is 9.84. The predicted molar refractivity (Wildman–Crippen MR) is 123 cm³/mol. The third-order valence-corrected chi connectivity index (χ3v) is 5.35. The Morgan fingerprint density at radius 1 is 1.13 bits per heavy atom. The van der Waals surface area contributed by atoms with Gasteiger partial charge >= 0.3 is 12.3 Å². The molecule has 38 heavy (non-hydrogen) atoms. The van der Waals surface area contributed by atoms with Crippen LogP contribution in [-0.4, -0.2) is 45.1 Å². The van der Waals surface area contributed by atoms with Crippen molar-refractivity contribution in [3.05, 3.63) is 53.9 Å². The van der Waals surface area contributed by atoms with Crippen LogP contribution in [0.15, 0.2) is 46.2 Å². The van der Waals surface area contributed by atoms with Gasteiger partial charge in [-0.05, 0) is 45.9 Å². The third kappa shape index (κ3) is 6.06. The van der Waals surface area contributed by atoms with E-state index in [0.29, 0.717) is 0 Å². The molecule has 0 saturated heterocycles. The molecule has 3 heterocycles. The number of amidine groups is 1. The Kier molecular flexibility index (Phi) is 6.84. The molecule has 0 fully saturated rings. The molecule has 202 valence electrons. The van der Waals surface area contributed by atoms with Crippen LogP contribution in [0.4, 0.5) is 26.7 Å². The maximum absolute atomic E-state index is 15.1. The fraction of sp³-hybridized carbons (Fsp3) is 0.375. The first kappa shape index (κ1) is 26.9. The summed E-state index contributed by atoms with van der Waals surface area (Å²) in [5.74, 6) is -1.31. The van der Waals surface area contributed by atoms with Crippen LogP contribution in [0.2, 0.25) is 0 Å². The molecule has 9 nitrogen and oxygen atoms in total. The maximum Gasteiger partial charge on any atom is 0.425 e. The molecule has 1 aliphatic heterocycles. The summed E-state index contributed by atoms with van der Waals surface area (Å²) in [4.78, 5) is 23.9. The Morgan fingerprint density at radius 3 is 2.45 bits per heavy atom. The van der Waals surface area contributed by atoms with E-state index in [1.165, 1.54) is 25.1 Å². The number of nitrogens with one attached hydrogen (secondary N) is 1. The minimum absolute atomic E-state index is 0.0654. The van der Waals surface area contributed by atoms with Gasteiger partial charge in [0.1, 0.15) is 11.4 Å². The summed E-state index contributed by atoms with van der Waals surface area (Å²) in [6, 6.07) is 4.28. The molecule has 1 aromatic carbocycles. The van der Waals surface area contributed by atoms with Crippen molar-refractivity contribution >= 4 is 12.1 Å². The quantitative estimate of drug-likeness (QED) is 0.436. The van der Waals surface area contributed by atoms with E-state index in [9.17, 15) is 22.4 Å². The molecule has 0 spiro atoms. The number of benzene rings is 1. The molecule has 14 heteroatoms. The first-order valence-corrected chi connectivity index (χ1v) is 11.2. The minimum Gasteiger partial charge on any atom is -0.452 e. The lowest BCUT2D eigenvalue weighted by molar-refractivity contribution is -0.208. The number of halogens is 5. The number of rotatable bonds is 3. The Hall–Kier alpha value is -4.10. The van der Waals surface area contributed by atoms with Crippen LogP contribution in [0.1, 0.15) is 39.7 Å². The number of hydrogen-bond acceptors (Lipinski definition) is 8. The highest BCUT2D eigenvalue weighted by molar-refractivity contribution is 5.91. The number of aliphatic imine (C=N–C) groups is 1. The molecule has 2 aromatic heterocycles. The van der Waals surface area contributed by atoms with E-state index in [1.807, 2.05) is 0 Å². The van der Waals surface area contributed by atoms with Gasteiger partial charge in [0, 0.05) is 23.6 Å². The number of hydrogen-bond donors (Lipinski definition) is 1. The van der Waals surface area contributed by atoms with E-state index in [4.69, 9.17) is 14.0 Å². The van der Waals surface area contributed by atoms with Gasteiger partial charge in [-0.3, -0.25) is 0 Å². The summed E-state index contributed by atoms with van der Waals surface area (Å²) in [6.07, 6.45) is -7.23. The second-order valence-corrected chi connectivity index (χ2v) is 9.67. The largest absolute Gasteiger partial charge is 0.452 e. The van der Waals surface area contributed by atoms with Crippen molar-refractivity contribution in [2.75, 3.05) is 0 Å². The van der Waals surface area contributed by atoms with Gasteiger partial charge in [-0.2, -0.15) is 13.2 Å². The summed E-state index contributed by atoms with van der Waals surface area (Å²) >= 11 is 0. The molecule has 4 rings (SSSR count). The van der Waals surface area contributed by atoms with Gasteiger partial charge in [-0.1, -0.05) is 5.16 Å². The number of alkyl carbamates (subject to hydrolysis) is 1. The van der Waals surface area contributed by atoms with Gasteiger partial charge in [0.25, 0.3) is 6.02 Å². The Balaban J connectivity index is 1.70. The third-order valence-electron chi connectivity index (χ3n) is 5.35. The van der Waals surface area contributed by atoms with E-state index in [1.54, 1.807) is 20.8 Å². The van der Waals surface area contributed by atoms with Crippen LogP contribution in [0.5, 0.6) is 0 Å². The Morgan fingerprint density at radius 2 is 1.82 bits per heavy atom. The molecule has 1 amide bonds.